The van der Waals surface area contributed by atoms with Crippen LogP contribution in [0.25, 0.3) is 0 Å². The maximum atomic E-state index is 11.8. The number of methoxy groups -OCH3 is 1. The molecule has 0 aliphatic carbocycles. The second-order valence-electron chi connectivity index (χ2n) is 4.65. The lowest BCUT2D eigenvalue weighted by Crippen LogP contribution is -2.31. The van der Waals surface area contributed by atoms with Crippen LogP contribution < -0.4 is 10.5 Å². The molecule has 0 aromatic carbocycles. The molecule has 0 bridgehead atoms. The van der Waals surface area contributed by atoms with Gasteiger partial charge in [-0.25, -0.2) is 4.98 Å². The van der Waals surface area contributed by atoms with E-state index in [1.165, 1.54) is 17.7 Å². The Labute approximate surface area is 110 Å². The van der Waals surface area contributed by atoms with Crippen LogP contribution in [0.3, 0.4) is 0 Å². The zero-order valence-corrected chi connectivity index (χ0v) is 11.0. The number of carboxylic acids is 1. The summed E-state index contributed by atoms with van der Waals surface area (Å²) in [7, 11) is 3.17. The van der Waals surface area contributed by atoms with Gasteiger partial charge in [-0.1, -0.05) is 0 Å². The van der Waals surface area contributed by atoms with Gasteiger partial charge in [-0.05, 0) is 6.42 Å². The van der Waals surface area contributed by atoms with E-state index in [-0.39, 0.29) is 12.2 Å². The van der Waals surface area contributed by atoms with Gasteiger partial charge in [0, 0.05) is 33.3 Å². The number of ether oxygens (including phenoxy) is 1. The highest BCUT2D eigenvalue weighted by molar-refractivity contribution is 5.71. The van der Waals surface area contributed by atoms with E-state index in [2.05, 4.69) is 4.98 Å². The van der Waals surface area contributed by atoms with Crippen molar-refractivity contribution in [2.75, 3.05) is 25.1 Å². The number of carboxylic acid groups (broad SMARTS) is 1. The standard InChI is InChI=1S/C12H17N3O4/c1-14-10(16)5-9(7-19-2)13-12(14)15-4-3-8(6-15)11(17)18/h5,8H,3-4,6-7H2,1-2H3,(H,17,18)/t8-/m1/s1. The topological polar surface area (TPSA) is 84.7 Å². The second kappa shape index (κ2) is 5.40. The molecule has 1 saturated heterocycles. The fourth-order valence-corrected chi connectivity index (χ4v) is 2.22. The fraction of sp³-hybridized carbons (Fsp3) is 0.583. The van der Waals surface area contributed by atoms with E-state index in [9.17, 15) is 9.59 Å². The summed E-state index contributed by atoms with van der Waals surface area (Å²) in [5.41, 5.74) is 0.384. The predicted octanol–water partition coefficient (Wildman–Crippen LogP) is -0.162. The number of rotatable bonds is 4. The van der Waals surface area contributed by atoms with Gasteiger partial charge >= 0.3 is 5.97 Å². The molecule has 1 aromatic rings. The monoisotopic (exact) mass is 267 g/mol. The highest BCUT2D eigenvalue weighted by Gasteiger charge is 2.30. The molecule has 1 atom stereocenters. The van der Waals surface area contributed by atoms with E-state index in [0.717, 1.165) is 0 Å². The summed E-state index contributed by atoms with van der Waals surface area (Å²) in [5, 5.41) is 9.01. The molecular formula is C12H17N3O4. The number of anilines is 1. The van der Waals surface area contributed by atoms with Crippen LogP contribution in [0.2, 0.25) is 0 Å². The van der Waals surface area contributed by atoms with Gasteiger partial charge in [-0.3, -0.25) is 14.2 Å². The Hall–Kier alpha value is -1.89. The van der Waals surface area contributed by atoms with Crippen molar-refractivity contribution in [3.8, 4) is 0 Å². The summed E-state index contributed by atoms with van der Waals surface area (Å²) >= 11 is 0. The first-order valence-electron chi connectivity index (χ1n) is 6.06. The van der Waals surface area contributed by atoms with Gasteiger partial charge in [0.1, 0.15) is 0 Å². The van der Waals surface area contributed by atoms with Gasteiger partial charge < -0.3 is 14.7 Å². The van der Waals surface area contributed by atoms with Crippen LogP contribution in [-0.2, 0) is 23.2 Å². The van der Waals surface area contributed by atoms with Gasteiger partial charge in [0.25, 0.3) is 5.56 Å². The molecule has 1 N–H and O–H groups in total. The Kier molecular flexibility index (Phi) is 3.84. The minimum Gasteiger partial charge on any atom is -0.481 e. The summed E-state index contributed by atoms with van der Waals surface area (Å²) in [6, 6.07) is 1.43. The molecule has 0 spiro atoms. The molecule has 1 aliphatic heterocycles. The molecular weight excluding hydrogens is 250 g/mol. The number of hydrogen-bond donors (Lipinski definition) is 1. The molecule has 104 valence electrons. The number of aliphatic carboxylic acids is 1. The summed E-state index contributed by atoms with van der Waals surface area (Å²) in [6.45, 7) is 1.24. The van der Waals surface area contributed by atoms with Crippen molar-refractivity contribution >= 4 is 11.9 Å². The smallest absolute Gasteiger partial charge is 0.308 e. The fourth-order valence-electron chi connectivity index (χ4n) is 2.22. The summed E-state index contributed by atoms with van der Waals surface area (Å²) in [5.74, 6) is -0.702. The van der Waals surface area contributed by atoms with Crippen LogP contribution >= 0.6 is 0 Å². The van der Waals surface area contributed by atoms with Gasteiger partial charge in [-0.15, -0.1) is 0 Å². The molecule has 0 amide bonds. The highest BCUT2D eigenvalue weighted by Crippen LogP contribution is 2.21. The Morgan fingerprint density at radius 1 is 1.63 bits per heavy atom. The molecule has 2 heterocycles. The van der Waals surface area contributed by atoms with Gasteiger partial charge in [0.2, 0.25) is 5.95 Å². The van der Waals surface area contributed by atoms with E-state index >= 15 is 0 Å². The van der Waals surface area contributed by atoms with Crippen molar-refractivity contribution in [2.24, 2.45) is 13.0 Å². The van der Waals surface area contributed by atoms with Crippen molar-refractivity contribution in [1.29, 1.82) is 0 Å². The van der Waals surface area contributed by atoms with Crippen molar-refractivity contribution in [2.45, 2.75) is 13.0 Å². The lowest BCUT2D eigenvalue weighted by atomic mass is 10.1. The predicted molar refractivity (Wildman–Crippen MR) is 68.1 cm³/mol. The first-order chi connectivity index (χ1) is 9.02. The van der Waals surface area contributed by atoms with Crippen LogP contribution in [-0.4, -0.2) is 40.8 Å². The molecule has 0 saturated carbocycles. The first kappa shape index (κ1) is 13.5. The summed E-state index contributed by atoms with van der Waals surface area (Å²) < 4.78 is 6.41. The molecule has 1 aromatic heterocycles. The zero-order valence-electron chi connectivity index (χ0n) is 11.0. The lowest BCUT2D eigenvalue weighted by Gasteiger charge is -2.20. The van der Waals surface area contributed by atoms with Gasteiger partial charge in [-0.2, -0.15) is 0 Å². The normalized spacial score (nSPS) is 18.8. The molecule has 7 nitrogen and oxygen atoms in total. The molecule has 19 heavy (non-hydrogen) atoms. The molecule has 0 unspecified atom stereocenters. The van der Waals surface area contributed by atoms with E-state index in [1.54, 1.807) is 7.05 Å². The lowest BCUT2D eigenvalue weighted by molar-refractivity contribution is -0.140. The van der Waals surface area contributed by atoms with Gasteiger partial charge in [0.15, 0.2) is 0 Å². The SMILES string of the molecule is COCc1cc(=O)n(C)c(N2CC[C@@H](C(=O)O)C2)n1. The molecule has 1 fully saturated rings. The molecule has 7 heteroatoms. The quantitative estimate of drug-likeness (QED) is 0.816. The maximum absolute atomic E-state index is 11.8. The highest BCUT2D eigenvalue weighted by atomic mass is 16.5. The van der Waals surface area contributed by atoms with E-state index in [0.29, 0.717) is 31.2 Å². The number of aromatic nitrogens is 2. The third kappa shape index (κ3) is 2.76. The van der Waals surface area contributed by atoms with E-state index in [4.69, 9.17) is 9.84 Å². The number of carbonyl (C=O) groups is 1. The van der Waals surface area contributed by atoms with Crippen LogP contribution in [0.1, 0.15) is 12.1 Å². The van der Waals surface area contributed by atoms with Crippen molar-refractivity contribution in [1.82, 2.24) is 9.55 Å². The maximum Gasteiger partial charge on any atom is 0.308 e. The van der Waals surface area contributed by atoms with Crippen molar-refractivity contribution < 1.29 is 14.6 Å². The number of hydrogen-bond acceptors (Lipinski definition) is 5. The van der Waals surface area contributed by atoms with Crippen molar-refractivity contribution in [3.63, 3.8) is 0 Å². The Balaban J connectivity index is 2.29. The minimum absolute atomic E-state index is 0.171. The van der Waals surface area contributed by atoms with Crippen LogP contribution in [0.15, 0.2) is 10.9 Å². The van der Waals surface area contributed by atoms with Crippen LogP contribution in [0, 0.1) is 5.92 Å². The van der Waals surface area contributed by atoms with Crippen LogP contribution in [0.5, 0.6) is 0 Å². The minimum atomic E-state index is -0.805. The second-order valence-corrected chi connectivity index (χ2v) is 4.65. The van der Waals surface area contributed by atoms with Crippen LogP contribution in [0.4, 0.5) is 5.95 Å². The average molecular weight is 267 g/mol. The summed E-state index contributed by atoms with van der Waals surface area (Å²) in [6.07, 6.45) is 0.569. The molecule has 2 rings (SSSR count). The first-order valence-corrected chi connectivity index (χ1v) is 6.06. The Morgan fingerprint density at radius 3 is 2.95 bits per heavy atom. The largest absolute Gasteiger partial charge is 0.481 e. The molecule has 0 radical (unpaired) electrons. The third-order valence-corrected chi connectivity index (χ3v) is 3.28. The zero-order chi connectivity index (χ0) is 14.0. The van der Waals surface area contributed by atoms with Gasteiger partial charge in [0.05, 0.1) is 18.2 Å². The average Bonchev–Trinajstić information content (AvgIpc) is 2.83. The van der Waals surface area contributed by atoms with E-state index in [1.807, 2.05) is 4.90 Å². The summed E-state index contributed by atoms with van der Waals surface area (Å²) in [4.78, 5) is 29.0. The van der Waals surface area contributed by atoms with E-state index < -0.39 is 11.9 Å². The Morgan fingerprint density at radius 2 is 2.37 bits per heavy atom. The van der Waals surface area contributed by atoms with Crippen molar-refractivity contribution in [3.05, 3.63) is 22.1 Å². The number of nitrogens with zero attached hydrogens (tertiary/aromatic N) is 3. The molecule has 1 aliphatic rings. The Bertz CT molecular complexity index is 540. The third-order valence-electron chi connectivity index (χ3n) is 3.28.